The van der Waals surface area contributed by atoms with Crippen LogP contribution in [-0.4, -0.2) is 16.6 Å². The van der Waals surface area contributed by atoms with Gasteiger partial charge >= 0.3 is 0 Å². The minimum atomic E-state index is -0.638. The van der Waals surface area contributed by atoms with Crippen molar-refractivity contribution in [1.82, 2.24) is 9.97 Å². The fraction of sp³-hybridized carbons (Fsp3) is 0.316. The number of fused-ring (bicyclic) bond motifs is 1. The first kappa shape index (κ1) is 16.3. The highest BCUT2D eigenvalue weighted by Crippen LogP contribution is 2.29. The molecule has 0 radical (unpaired) electrons. The van der Waals surface area contributed by atoms with Crippen molar-refractivity contribution >= 4 is 16.7 Å². The lowest BCUT2D eigenvalue weighted by Gasteiger charge is -2.24. The van der Waals surface area contributed by atoms with Gasteiger partial charge < -0.3 is 15.5 Å². The molecule has 0 spiro atoms. The van der Waals surface area contributed by atoms with Gasteiger partial charge in [-0.05, 0) is 55.8 Å². The second kappa shape index (κ2) is 6.15. The molecule has 3 N–H and O–H groups in total. The van der Waals surface area contributed by atoms with E-state index in [9.17, 15) is 4.39 Å². The molecule has 0 fully saturated rings. The first-order valence-corrected chi connectivity index (χ1v) is 8.00. The number of imidazole rings is 1. The van der Waals surface area contributed by atoms with Crippen molar-refractivity contribution in [2.24, 2.45) is 0 Å². The first-order valence-electron chi connectivity index (χ1n) is 8.00. The van der Waals surface area contributed by atoms with Crippen LogP contribution < -0.4 is 10.5 Å². The third kappa shape index (κ3) is 3.20. The number of benzene rings is 2. The Morgan fingerprint density at radius 3 is 2.58 bits per heavy atom. The molecular formula is C19H22FN3O. The summed E-state index contributed by atoms with van der Waals surface area (Å²) in [5.41, 5.74) is 8.44. The number of nitrogens with zero attached hydrogens (tertiary/aromatic N) is 1. The molecule has 2 aromatic carbocycles. The van der Waals surface area contributed by atoms with E-state index in [0.717, 1.165) is 28.2 Å². The zero-order valence-corrected chi connectivity index (χ0v) is 14.1. The predicted octanol–water partition coefficient (Wildman–Crippen LogP) is 4.53. The van der Waals surface area contributed by atoms with Crippen molar-refractivity contribution in [3.05, 3.63) is 53.9 Å². The predicted molar refractivity (Wildman–Crippen MR) is 95.0 cm³/mol. The number of hydrogen-bond acceptors (Lipinski definition) is 3. The summed E-state index contributed by atoms with van der Waals surface area (Å²) in [5.74, 6) is 1.32. The molecule has 0 saturated heterocycles. The summed E-state index contributed by atoms with van der Waals surface area (Å²) in [6.45, 7) is 5.39. The largest absolute Gasteiger partial charge is 0.480 e. The number of hydrogen-bond donors (Lipinski definition) is 2. The van der Waals surface area contributed by atoms with Gasteiger partial charge in [-0.25, -0.2) is 4.98 Å². The van der Waals surface area contributed by atoms with Gasteiger partial charge in [-0.2, -0.15) is 0 Å². The molecule has 0 amide bonds. The van der Waals surface area contributed by atoms with E-state index < -0.39 is 5.60 Å². The molecule has 1 atom stereocenters. The van der Waals surface area contributed by atoms with Crippen LogP contribution in [0.15, 0.2) is 42.5 Å². The summed E-state index contributed by atoms with van der Waals surface area (Å²) in [6.07, 6.45) is 0. The van der Waals surface area contributed by atoms with Crippen molar-refractivity contribution in [2.45, 2.75) is 32.3 Å². The van der Waals surface area contributed by atoms with Crippen molar-refractivity contribution in [1.29, 1.82) is 0 Å². The molecule has 126 valence electrons. The van der Waals surface area contributed by atoms with Gasteiger partial charge in [0.1, 0.15) is 5.75 Å². The Morgan fingerprint density at radius 1 is 1.21 bits per heavy atom. The number of nitrogens with two attached hydrogens (primary N) is 1. The van der Waals surface area contributed by atoms with Gasteiger partial charge in [0.2, 0.25) is 0 Å². The third-order valence-electron chi connectivity index (χ3n) is 4.13. The van der Waals surface area contributed by atoms with Crippen molar-refractivity contribution < 1.29 is 9.13 Å². The molecule has 0 aliphatic rings. The lowest BCUT2D eigenvalue weighted by molar-refractivity contribution is 0.0998. The minimum absolute atomic E-state index is 0.125. The molecule has 0 bridgehead atoms. The third-order valence-corrected chi connectivity index (χ3v) is 4.13. The van der Waals surface area contributed by atoms with Crippen LogP contribution in [0.4, 0.5) is 10.1 Å². The van der Waals surface area contributed by atoms with Crippen LogP contribution in [0.5, 0.6) is 5.75 Å². The number of halogens is 1. The van der Waals surface area contributed by atoms with E-state index in [2.05, 4.69) is 9.97 Å². The van der Waals surface area contributed by atoms with Crippen LogP contribution in [0.1, 0.15) is 38.1 Å². The quantitative estimate of drug-likeness (QED) is 0.677. The molecular weight excluding hydrogens is 305 g/mol. The molecule has 1 heterocycles. The number of aromatic nitrogens is 2. The monoisotopic (exact) mass is 327 g/mol. The van der Waals surface area contributed by atoms with E-state index in [1.54, 1.807) is 12.1 Å². The van der Waals surface area contributed by atoms with Gasteiger partial charge in [0.05, 0.1) is 17.7 Å². The summed E-state index contributed by atoms with van der Waals surface area (Å²) in [5, 5.41) is 0. The molecule has 1 unspecified atom stereocenters. The van der Waals surface area contributed by atoms with E-state index in [1.165, 1.54) is 0 Å². The van der Waals surface area contributed by atoms with Crippen molar-refractivity contribution in [3.8, 4) is 5.75 Å². The van der Waals surface area contributed by atoms with E-state index in [4.69, 9.17) is 10.5 Å². The summed E-state index contributed by atoms with van der Waals surface area (Å²) < 4.78 is 18.9. The molecule has 5 heteroatoms. The van der Waals surface area contributed by atoms with Crippen LogP contribution in [0.2, 0.25) is 0 Å². The molecule has 1 aromatic heterocycles. The number of H-pyrrole nitrogens is 1. The normalized spacial score (nSPS) is 13.2. The molecule has 3 rings (SSSR count). The van der Waals surface area contributed by atoms with Crippen molar-refractivity contribution in [3.63, 3.8) is 0 Å². The standard InChI is InChI=1S/C19H22FN3O/c1-12(11-20)13-4-9-16-17(10-13)23-18(22-16)19(2,3)24-15-7-5-14(21)6-8-15/h4-10,12H,11,21H2,1-3H3,(H,22,23). The molecule has 24 heavy (non-hydrogen) atoms. The van der Waals surface area contributed by atoms with Gasteiger partial charge in [0, 0.05) is 11.6 Å². The number of anilines is 1. The average Bonchev–Trinajstić information content (AvgIpc) is 3.00. The number of aromatic amines is 1. The van der Waals surface area contributed by atoms with Crippen LogP contribution in [0, 0.1) is 0 Å². The van der Waals surface area contributed by atoms with Gasteiger partial charge in [-0.3, -0.25) is 4.39 Å². The van der Waals surface area contributed by atoms with E-state index >= 15 is 0 Å². The van der Waals surface area contributed by atoms with E-state index in [1.807, 2.05) is 51.1 Å². The van der Waals surface area contributed by atoms with Crippen LogP contribution >= 0.6 is 0 Å². The number of nitrogens with one attached hydrogen (secondary N) is 1. The van der Waals surface area contributed by atoms with Gasteiger partial charge in [-0.15, -0.1) is 0 Å². The summed E-state index contributed by atoms with van der Waals surface area (Å²) in [7, 11) is 0. The highest BCUT2D eigenvalue weighted by atomic mass is 19.1. The molecule has 4 nitrogen and oxygen atoms in total. The number of alkyl halides is 1. The highest BCUT2D eigenvalue weighted by molar-refractivity contribution is 5.76. The topological polar surface area (TPSA) is 63.9 Å². The van der Waals surface area contributed by atoms with Gasteiger partial charge in [0.15, 0.2) is 11.4 Å². The van der Waals surface area contributed by atoms with Crippen LogP contribution in [-0.2, 0) is 5.60 Å². The Kier molecular flexibility index (Phi) is 4.18. The Hall–Kier alpha value is -2.56. The SMILES string of the molecule is CC(CF)c1ccc2nc(C(C)(C)Oc3ccc(N)cc3)[nH]c2c1. The smallest absolute Gasteiger partial charge is 0.160 e. The Bertz CT molecular complexity index is 839. The van der Waals surface area contributed by atoms with E-state index in [-0.39, 0.29) is 12.6 Å². The van der Waals surface area contributed by atoms with E-state index in [0.29, 0.717) is 5.69 Å². The van der Waals surface area contributed by atoms with Crippen LogP contribution in [0.3, 0.4) is 0 Å². The number of ether oxygens (including phenoxy) is 1. The van der Waals surface area contributed by atoms with Gasteiger partial charge in [-0.1, -0.05) is 13.0 Å². The second-order valence-electron chi connectivity index (χ2n) is 6.60. The summed E-state index contributed by atoms with van der Waals surface area (Å²) in [4.78, 5) is 7.93. The zero-order chi connectivity index (χ0) is 17.3. The first-order chi connectivity index (χ1) is 11.4. The Morgan fingerprint density at radius 2 is 1.92 bits per heavy atom. The molecule has 0 saturated carbocycles. The fourth-order valence-corrected chi connectivity index (χ4v) is 2.59. The maximum Gasteiger partial charge on any atom is 0.160 e. The maximum absolute atomic E-state index is 12.9. The average molecular weight is 327 g/mol. The Balaban J connectivity index is 1.90. The zero-order valence-electron chi connectivity index (χ0n) is 14.1. The summed E-state index contributed by atoms with van der Waals surface area (Å²) in [6, 6.07) is 13.1. The fourth-order valence-electron chi connectivity index (χ4n) is 2.59. The van der Waals surface area contributed by atoms with Crippen molar-refractivity contribution in [2.75, 3.05) is 12.4 Å². The number of nitrogen functional groups attached to an aromatic ring is 1. The molecule has 0 aliphatic carbocycles. The lowest BCUT2D eigenvalue weighted by atomic mass is 10.0. The second-order valence-corrected chi connectivity index (χ2v) is 6.60. The Labute approximate surface area is 140 Å². The maximum atomic E-state index is 12.9. The van der Waals surface area contributed by atoms with Gasteiger partial charge in [0.25, 0.3) is 0 Å². The number of rotatable bonds is 5. The van der Waals surface area contributed by atoms with Crippen LogP contribution in [0.25, 0.3) is 11.0 Å². The highest BCUT2D eigenvalue weighted by Gasteiger charge is 2.27. The lowest BCUT2D eigenvalue weighted by Crippen LogP contribution is -2.26. The summed E-state index contributed by atoms with van der Waals surface area (Å²) >= 11 is 0. The molecule has 3 aromatic rings. The molecule has 0 aliphatic heterocycles. The minimum Gasteiger partial charge on any atom is -0.480 e.